The van der Waals surface area contributed by atoms with Gasteiger partial charge in [0.2, 0.25) is 5.91 Å². The molecular weight excluding hydrogens is 198 g/mol. The third-order valence-corrected chi connectivity index (χ3v) is 2.17. The van der Waals surface area contributed by atoms with Crippen LogP contribution in [0.5, 0.6) is 5.75 Å². The molecule has 0 aliphatic heterocycles. The van der Waals surface area contributed by atoms with Crippen LogP contribution in [0, 0.1) is 6.92 Å². The van der Waals surface area contributed by atoms with Crippen molar-refractivity contribution in [3.63, 3.8) is 0 Å². The van der Waals surface area contributed by atoms with Crippen molar-refractivity contribution < 1.29 is 20.1 Å². The van der Waals surface area contributed by atoms with E-state index in [0.717, 1.165) is 0 Å². The van der Waals surface area contributed by atoms with E-state index >= 15 is 0 Å². The zero-order valence-electron chi connectivity index (χ0n) is 8.21. The highest BCUT2D eigenvalue weighted by atomic mass is 16.3. The Kier molecular flexibility index (Phi) is 3.28. The van der Waals surface area contributed by atoms with Gasteiger partial charge in [-0.05, 0) is 24.1 Å². The van der Waals surface area contributed by atoms with Crippen molar-refractivity contribution in [2.45, 2.75) is 19.1 Å². The van der Waals surface area contributed by atoms with E-state index < -0.39 is 18.1 Å². The van der Waals surface area contributed by atoms with Crippen LogP contribution in [0.4, 0.5) is 0 Å². The van der Waals surface area contributed by atoms with Crippen LogP contribution in [0.2, 0.25) is 0 Å². The fourth-order valence-electron chi connectivity index (χ4n) is 1.15. The third kappa shape index (κ3) is 2.45. The Balaban J connectivity index is 2.96. The van der Waals surface area contributed by atoms with Gasteiger partial charge in [-0.3, -0.25) is 4.79 Å². The minimum atomic E-state index is -1.67. The van der Waals surface area contributed by atoms with Gasteiger partial charge in [-0.2, -0.15) is 0 Å². The van der Waals surface area contributed by atoms with E-state index in [1.807, 2.05) is 0 Å². The number of carbonyl (C=O) groups excluding carboxylic acids is 1. The van der Waals surface area contributed by atoms with E-state index in [0.29, 0.717) is 5.56 Å². The molecule has 0 heterocycles. The Hall–Kier alpha value is -1.59. The summed E-state index contributed by atoms with van der Waals surface area (Å²) in [5.74, 6) is -1.02. The second-order valence-electron chi connectivity index (χ2n) is 3.34. The molecule has 1 rings (SSSR count). The van der Waals surface area contributed by atoms with E-state index in [2.05, 4.69) is 0 Å². The van der Waals surface area contributed by atoms with Crippen molar-refractivity contribution in [3.05, 3.63) is 29.3 Å². The molecule has 2 unspecified atom stereocenters. The highest BCUT2D eigenvalue weighted by Crippen LogP contribution is 2.23. The van der Waals surface area contributed by atoms with Crippen LogP contribution in [0.3, 0.4) is 0 Å². The number of hydrogen-bond acceptors (Lipinski definition) is 4. The molecule has 0 aromatic heterocycles. The lowest BCUT2D eigenvalue weighted by Gasteiger charge is -2.15. The van der Waals surface area contributed by atoms with Crippen molar-refractivity contribution in [3.8, 4) is 5.75 Å². The maximum Gasteiger partial charge on any atom is 0.249 e. The molecule has 5 heteroatoms. The summed E-state index contributed by atoms with van der Waals surface area (Å²) in [7, 11) is 0. The van der Waals surface area contributed by atoms with Gasteiger partial charge in [-0.15, -0.1) is 0 Å². The number of aliphatic hydroxyl groups excluding tert-OH is 2. The van der Waals surface area contributed by atoms with Crippen molar-refractivity contribution >= 4 is 5.91 Å². The van der Waals surface area contributed by atoms with Gasteiger partial charge in [-0.25, -0.2) is 0 Å². The Morgan fingerprint density at radius 3 is 2.47 bits per heavy atom. The lowest BCUT2D eigenvalue weighted by Crippen LogP contribution is -2.33. The molecule has 5 N–H and O–H groups in total. The standard InChI is InChI=1S/C10H13NO4/c1-5-2-3-6(4-7(5)12)8(13)9(14)10(11)15/h2-4,8-9,12-14H,1H3,(H2,11,15). The molecule has 2 atom stereocenters. The van der Waals surface area contributed by atoms with Gasteiger partial charge in [0.05, 0.1) is 0 Å². The quantitative estimate of drug-likeness (QED) is 0.545. The van der Waals surface area contributed by atoms with Crippen molar-refractivity contribution in [1.82, 2.24) is 0 Å². The molecular formula is C10H13NO4. The molecule has 0 spiro atoms. The molecule has 1 aromatic carbocycles. The van der Waals surface area contributed by atoms with Crippen molar-refractivity contribution in [2.24, 2.45) is 5.73 Å². The van der Waals surface area contributed by atoms with E-state index in [-0.39, 0.29) is 11.3 Å². The number of hydrogen-bond donors (Lipinski definition) is 4. The number of carbonyl (C=O) groups is 1. The van der Waals surface area contributed by atoms with Crippen LogP contribution in [-0.4, -0.2) is 27.3 Å². The van der Waals surface area contributed by atoms with Gasteiger partial charge < -0.3 is 21.1 Å². The van der Waals surface area contributed by atoms with Crippen LogP contribution < -0.4 is 5.73 Å². The van der Waals surface area contributed by atoms with Crippen LogP contribution in [0.25, 0.3) is 0 Å². The summed E-state index contributed by atoms with van der Waals surface area (Å²) in [6, 6.07) is 4.36. The molecule has 0 fully saturated rings. The Bertz CT molecular complexity index is 378. The summed E-state index contributed by atoms with van der Waals surface area (Å²) in [5.41, 5.74) is 5.71. The zero-order valence-corrected chi connectivity index (χ0v) is 8.21. The summed E-state index contributed by atoms with van der Waals surface area (Å²) in [6.07, 6.45) is -3.10. The molecule has 0 bridgehead atoms. The summed E-state index contributed by atoms with van der Waals surface area (Å²) in [6.45, 7) is 1.69. The second-order valence-corrected chi connectivity index (χ2v) is 3.34. The van der Waals surface area contributed by atoms with E-state index in [1.54, 1.807) is 13.0 Å². The number of aryl methyl sites for hydroxylation is 1. The summed E-state index contributed by atoms with van der Waals surface area (Å²) >= 11 is 0. The van der Waals surface area contributed by atoms with Gasteiger partial charge in [0.25, 0.3) is 0 Å². The topological polar surface area (TPSA) is 104 Å². The third-order valence-electron chi connectivity index (χ3n) is 2.17. The number of amides is 1. The van der Waals surface area contributed by atoms with E-state index in [4.69, 9.17) is 5.73 Å². The van der Waals surface area contributed by atoms with Crippen LogP contribution >= 0.6 is 0 Å². The number of nitrogens with two attached hydrogens (primary N) is 1. The van der Waals surface area contributed by atoms with Gasteiger partial charge in [0, 0.05) is 0 Å². The van der Waals surface area contributed by atoms with E-state index in [1.165, 1.54) is 12.1 Å². The summed E-state index contributed by atoms with van der Waals surface area (Å²) in [5, 5.41) is 28.1. The minimum Gasteiger partial charge on any atom is -0.508 e. The lowest BCUT2D eigenvalue weighted by atomic mass is 10.0. The SMILES string of the molecule is Cc1ccc(C(O)C(O)C(N)=O)cc1O. The van der Waals surface area contributed by atoms with Crippen LogP contribution in [0.15, 0.2) is 18.2 Å². The molecule has 1 aromatic rings. The number of primary amides is 1. The number of phenolic OH excluding ortho intramolecular Hbond substituents is 1. The predicted octanol–water partition coefficient (Wildman–Crippen LogP) is -0.420. The molecule has 0 radical (unpaired) electrons. The van der Waals surface area contributed by atoms with Gasteiger partial charge in [-0.1, -0.05) is 12.1 Å². The number of aromatic hydroxyl groups is 1. The first-order valence-electron chi connectivity index (χ1n) is 4.38. The average Bonchev–Trinajstić information content (AvgIpc) is 2.19. The first kappa shape index (κ1) is 11.5. The van der Waals surface area contributed by atoms with Crippen molar-refractivity contribution in [2.75, 3.05) is 0 Å². The number of phenols is 1. The van der Waals surface area contributed by atoms with Crippen LogP contribution in [-0.2, 0) is 4.79 Å². The Morgan fingerprint density at radius 2 is 2.00 bits per heavy atom. The molecule has 82 valence electrons. The monoisotopic (exact) mass is 211 g/mol. The minimum absolute atomic E-state index is 0.0109. The van der Waals surface area contributed by atoms with E-state index in [9.17, 15) is 20.1 Å². The first-order valence-corrected chi connectivity index (χ1v) is 4.38. The fraction of sp³-hybridized carbons (Fsp3) is 0.300. The summed E-state index contributed by atoms with van der Waals surface area (Å²) in [4.78, 5) is 10.6. The fourth-order valence-corrected chi connectivity index (χ4v) is 1.15. The van der Waals surface area contributed by atoms with Crippen molar-refractivity contribution in [1.29, 1.82) is 0 Å². The highest BCUT2D eigenvalue weighted by molar-refractivity contribution is 5.79. The second kappa shape index (κ2) is 4.29. The van der Waals surface area contributed by atoms with Gasteiger partial charge in [0.15, 0.2) is 6.10 Å². The molecule has 0 aliphatic rings. The molecule has 0 aliphatic carbocycles. The van der Waals surface area contributed by atoms with Crippen LogP contribution in [0.1, 0.15) is 17.2 Å². The zero-order chi connectivity index (χ0) is 11.6. The normalized spacial score (nSPS) is 14.6. The first-order chi connectivity index (χ1) is 6.93. The maximum atomic E-state index is 10.6. The number of aliphatic hydroxyl groups is 2. The Morgan fingerprint density at radius 1 is 1.40 bits per heavy atom. The number of rotatable bonds is 3. The number of benzene rings is 1. The maximum absolute atomic E-state index is 10.6. The lowest BCUT2D eigenvalue weighted by molar-refractivity contribution is -0.131. The molecule has 15 heavy (non-hydrogen) atoms. The predicted molar refractivity (Wildman–Crippen MR) is 53.0 cm³/mol. The molecule has 1 amide bonds. The Labute approximate surface area is 86.8 Å². The molecule has 5 nitrogen and oxygen atoms in total. The molecule has 0 saturated heterocycles. The van der Waals surface area contributed by atoms with Gasteiger partial charge >= 0.3 is 0 Å². The van der Waals surface area contributed by atoms with Gasteiger partial charge in [0.1, 0.15) is 11.9 Å². The average molecular weight is 211 g/mol. The molecule has 0 saturated carbocycles. The highest BCUT2D eigenvalue weighted by Gasteiger charge is 2.23. The largest absolute Gasteiger partial charge is 0.508 e. The summed E-state index contributed by atoms with van der Waals surface area (Å²) < 4.78 is 0. The smallest absolute Gasteiger partial charge is 0.249 e.